The summed E-state index contributed by atoms with van der Waals surface area (Å²) in [5, 5.41) is 12.8. The van der Waals surface area contributed by atoms with Crippen LogP contribution in [-0.2, 0) is 13.0 Å². The highest BCUT2D eigenvalue weighted by Gasteiger charge is 2.42. The van der Waals surface area contributed by atoms with Crippen LogP contribution in [0.25, 0.3) is 0 Å². The number of rotatable bonds is 4. The highest BCUT2D eigenvalue weighted by atomic mass is 16.5. The van der Waals surface area contributed by atoms with Gasteiger partial charge in [-0.3, -0.25) is 14.4 Å². The maximum atomic E-state index is 13.5. The molecule has 0 fully saturated rings. The van der Waals surface area contributed by atoms with Gasteiger partial charge in [-0.1, -0.05) is 12.1 Å². The van der Waals surface area contributed by atoms with Crippen LogP contribution in [-0.4, -0.2) is 29.4 Å². The molecule has 3 aromatic rings. The summed E-state index contributed by atoms with van der Waals surface area (Å²) in [7, 11) is 1.55. The van der Waals surface area contributed by atoms with Gasteiger partial charge in [0.05, 0.1) is 23.8 Å². The summed E-state index contributed by atoms with van der Waals surface area (Å²) in [6, 6.07) is 15.5. The van der Waals surface area contributed by atoms with Crippen LogP contribution in [0.15, 0.2) is 48.5 Å². The zero-order valence-corrected chi connectivity index (χ0v) is 17.9. The molecule has 5 rings (SSSR count). The van der Waals surface area contributed by atoms with Gasteiger partial charge >= 0.3 is 0 Å². The van der Waals surface area contributed by atoms with Gasteiger partial charge in [0.15, 0.2) is 0 Å². The van der Waals surface area contributed by atoms with Crippen LogP contribution in [0.3, 0.4) is 0 Å². The van der Waals surface area contributed by atoms with E-state index in [9.17, 15) is 19.6 Å². The zero-order valence-electron chi connectivity index (χ0n) is 17.9. The Hall–Kier alpha value is -4.38. The monoisotopic (exact) mass is 440 g/mol. The lowest BCUT2D eigenvalue weighted by atomic mass is 10.1. The molecule has 0 saturated heterocycles. The molecule has 2 aliphatic heterocycles. The number of nitrogens with zero attached hydrogens (tertiary/aromatic N) is 3. The Kier molecular flexibility index (Phi) is 4.94. The SMILES string of the molecule is COc1ccc(NC(=O)c2c(N3C(=O)c4ccccc4C3=O)c(C#N)c3n2CCCC3)cc1. The van der Waals surface area contributed by atoms with E-state index in [4.69, 9.17) is 4.74 Å². The molecule has 8 heteroatoms. The molecule has 1 N–H and O–H groups in total. The average Bonchev–Trinajstić information content (AvgIpc) is 3.30. The van der Waals surface area contributed by atoms with E-state index in [1.807, 2.05) is 0 Å². The average molecular weight is 440 g/mol. The van der Waals surface area contributed by atoms with Crippen molar-refractivity contribution in [2.24, 2.45) is 0 Å². The Morgan fingerprint density at radius 1 is 1.03 bits per heavy atom. The molecule has 0 radical (unpaired) electrons. The van der Waals surface area contributed by atoms with E-state index >= 15 is 0 Å². The fourth-order valence-electron chi connectivity index (χ4n) is 4.54. The topological polar surface area (TPSA) is 104 Å². The number of hydrogen-bond donors (Lipinski definition) is 1. The number of anilines is 2. The predicted molar refractivity (Wildman–Crippen MR) is 121 cm³/mol. The van der Waals surface area contributed by atoms with E-state index in [2.05, 4.69) is 11.4 Å². The minimum Gasteiger partial charge on any atom is -0.497 e. The van der Waals surface area contributed by atoms with E-state index in [1.54, 1.807) is 60.2 Å². The van der Waals surface area contributed by atoms with Gasteiger partial charge in [-0.25, -0.2) is 4.90 Å². The normalized spacial score (nSPS) is 14.5. The first-order valence-corrected chi connectivity index (χ1v) is 10.6. The molecule has 0 unspecified atom stereocenters. The zero-order chi connectivity index (χ0) is 23.1. The van der Waals surface area contributed by atoms with Gasteiger partial charge in [-0.15, -0.1) is 0 Å². The van der Waals surface area contributed by atoms with Crippen molar-refractivity contribution in [2.75, 3.05) is 17.3 Å². The number of fused-ring (bicyclic) bond motifs is 2. The first kappa shape index (κ1) is 20.5. The smallest absolute Gasteiger partial charge is 0.274 e. The van der Waals surface area contributed by atoms with Crippen LogP contribution in [0.4, 0.5) is 11.4 Å². The number of benzene rings is 2. The van der Waals surface area contributed by atoms with E-state index in [-0.39, 0.29) is 28.1 Å². The Morgan fingerprint density at radius 2 is 1.70 bits per heavy atom. The van der Waals surface area contributed by atoms with Crippen molar-refractivity contribution < 1.29 is 19.1 Å². The van der Waals surface area contributed by atoms with E-state index in [0.29, 0.717) is 30.1 Å². The van der Waals surface area contributed by atoms with Gasteiger partial charge in [0.2, 0.25) is 0 Å². The number of hydrogen-bond acceptors (Lipinski definition) is 5. The second-order valence-electron chi connectivity index (χ2n) is 7.91. The van der Waals surface area contributed by atoms with Gasteiger partial charge in [0.25, 0.3) is 17.7 Å². The lowest BCUT2D eigenvalue weighted by molar-refractivity contribution is 0.0926. The van der Waals surface area contributed by atoms with Crippen molar-refractivity contribution in [3.8, 4) is 11.8 Å². The molecule has 0 saturated carbocycles. The molecule has 1 aromatic heterocycles. The summed E-state index contributed by atoms with van der Waals surface area (Å²) >= 11 is 0. The molecule has 0 bridgehead atoms. The lowest BCUT2D eigenvalue weighted by Crippen LogP contribution is -2.32. The molecule has 33 heavy (non-hydrogen) atoms. The minimum atomic E-state index is -0.534. The number of amides is 3. The standard InChI is InChI=1S/C25H20N4O4/c1-33-16-11-9-15(10-12-16)27-23(30)22-21(19(14-26)20-8-4-5-13-28(20)22)29-24(31)17-6-2-3-7-18(17)25(29)32/h2-3,6-7,9-12H,4-5,8,13H2,1H3,(H,27,30). The van der Waals surface area contributed by atoms with Crippen molar-refractivity contribution in [3.63, 3.8) is 0 Å². The fourth-order valence-corrected chi connectivity index (χ4v) is 4.54. The number of imide groups is 1. The van der Waals surface area contributed by atoms with Gasteiger partial charge in [-0.05, 0) is 55.7 Å². The number of aromatic nitrogens is 1. The number of ether oxygens (including phenoxy) is 1. The van der Waals surface area contributed by atoms with Gasteiger partial charge < -0.3 is 14.6 Å². The molecular formula is C25H20N4O4. The second kappa shape index (κ2) is 7.95. The maximum absolute atomic E-state index is 13.5. The maximum Gasteiger partial charge on any atom is 0.274 e. The Bertz CT molecular complexity index is 1310. The molecule has 164 valence electrons. The predicted octanol–water partition coefficient (Wildman–Crippen LogP) is 3.76. The highest BCUT2D eigenvalue weighted by molar-refractivity contribution is 6.36. The summed E-state index contributed by atoms with van der Waals surface area (Å²) in [6.07, 6.45) is 2.28. The highest BCUT2D eigenvalue weighted by Crippen LogP contribution is 2.39. The molecule has 0 atom stereocenters. The molecular weight excluding hydrogens is 420 g/mol. The Balaban J connectivity index is 1.64. The van der Waals surface area contributed by atoms with Crippen molar-refractivity contribution >= 4 is 29.1 Å². The molecule has 3 heterocycles. The fraction of sp³-hybridized carbons (Fsp3) is 0.200. The Labute approximate surface area is 190 Å². The summed E-state index contributed by atoms with van der Waals surface area (Å²) in [5.74, 6) is -0.912. The quantitative estimate of drug-likeness (QED) is 0.622. The van der Waals surface area contributed by atoms with E-state index in [1.165, 1.54) is 0 Å². The Morgan fingerprint density at radius 3 is 2.30 bits per heavy atom. The molecule has 8 nitrogen and oxygen atoms in total. The van der Waals surface area contributed by atoms with Crippen LogP contribution in [0.2, 0.25) is 0 Å². The van der Waals surface area contributed by atoms with Crippen molar-refractivity contribution in [2.45, 2.75) is 25.8 Å². The molecule has 2 aromatic carbocycles. The summed E-state index contributed by atoms with van der Waals surface area (Å²) in [6.45, 7) is 0.526. The largest absolute Gasteiger partial charge is 0.497 e. The molecule has 0 aliphatic carbocycles. The van der Waals surface area contributed by atoms with E-state index < -0.39 is 17.7 Å². The third-order valence-corrected chi connectivity index (χ3v) is 6.08. The third-order valence-electron chi connectivity index (χ3n) is 6.08. The summed E-state index contributed by atoms with van der Waals surface area (Å²) in [4.78, 5) is 41.0. The number of carbonyl (C=O) groups is 3. The van der Waals surface area contributed by atoms with Gasteiger partial charge in [0.1, 0.15) is 23.2 Å². The van der Waals surface area contributed by atoms with Crippen molar-refractivity contribution in [3.05, 3.63) is 76.6 Å². The van der Waals surface area contributed by atoms with Crippen molar-refractivity contribution in [1.29, 1.82) is 5.26 Å². The first-order chi connectivity index (χ1) is 16.0. The first-order valence-electron chi connectivity index (χ1n) is 10.6. The minimum absolute atomic E-state index is 0.0617. The second-order valence-corrected chi connectivity index (χ2v) is 7.91. The van der Waals surface area contributed by atoms with Crippen LogP contribution >= 0.6 is 0 Å². The van der Waals surface area contributed by atoms with Crippen LogP contribution in [0, 0.1) is 11.3 Å². The number of methoxy groups -OCH3 is 1. The van der Waals surface area contributed by atoms with Crippen LogP contribution < -0.4 is 15.0 Å². The third kappa shape index (κ3) is 3.17. The number of nitriles is 1. The number of nitrogens with one attached hydrogen (secondary N) is 1. The van der Waals surface area contributed by atoms with Crippen LogP contribution in [0.5, 0.6) is 5.75 Å². The van der Waals surface area contributed by atoms with Crippen molar-refractivity contribution in [1.82, 2.24) is 4.57 Å². The summed E-state index contributed by atoms with van der Waals surface area (Å²) < 4.78 is 6.94. The lowest BCUT2D eigenvalue weighted by Gasteiger charge is -2.19. The molecule has 0 spiro atoms. The van der Waals surface area contributed by atoms with Crippen LogP contribution in [0.1, 0.15) is 55.3 Å². The molecule has 2 aliphatic rings. The molecule has 3 amide bonds. The van der Waals surface area contributed by atoms with Gasteiger partial charge in [0, 0.05) is 17.9 Å². The van der Waals surface area contributed by atoms with Gasteiger partial charge in [-0.2, -0.15) is 5.26 Å². The summed E-state index contributed by atoms with van der Waals surface area (Å²) in [5.41, 5.74) is 2.13. The van der Waals surface area contributed by atoms with E-state index in [0.717, 1.165) is 17.7 Å². The number of carbonyl (C=O) groups excluding carboxylic acids is 3.